The Labute approximate surface area is 85.3 Å². The molecule has 0 fully saturated rings. The Morgan fingerprint density at radius 2 is 2.23 bits per heavy atom. The van der Waals surface area contributed by atoms with Crippen molar-refractivity contribution in [2.24, 2.45) is 0 Å². The quantitative estimate of drug-likeness (QED) is 0.728. The normalized spacial score (nSPS) is 11.3. The molecule has 0 aliphatic rings. The largest absolute Gasteiger partial charge is 0.264 e. The van der Waals surface area contributed by atoms with E-state index < -0.39 is 0 Å². The van der Waals surface area contributed by atoms with Crippen LogP contribution in [0.1, 0.15) is 25.0 Å². The molecule has 0 saturated carbocycles. The van der Waals surface area contributed by atoms with Crippen molar-refractivity contribution in [2.45, 2.75) is 19.3 Å². The molecule has 0 amide bonds. The number of nitrogens with zero attached hydrogens (tertiary/aromatic N) is 1. The fourth-order valence-corrected chi connectivity index (χ4v) is 1.21. The van der Waals surface area contributed by atoms with Gasteiger partial charge in [0.25, 0.3) is 0 Å². The van der Waals surface area contributed by atoms with Crippen LogP contribution in [0.3, 0.4) is 0 Å². The first-order valence-corrected chi connectivity index (χ1v) is 4.92. The zero-order valence-corrected chi connectivity index (χ0v) is 9.01. The molecule has 1 nitrogen and oxygen atoms in total. The van der Waals surface area contributed by atoms with Crippen LogP contribution in [-0.4, -0.2) is 10.7 Å². The number of rotatable bonds is 3. The van der Waals surface area contributed by atoms with Gasteiger partial charge in [-0.15, -0.1) is 0 Å². The minimum absolute atomic E-state index is 0.0785. The minimum Gasteiger partial charge on any atom is -0.264 e. The van der Waals surface area contributed by atoms with Crippen molar-refractivity contribution in [1.29, 1.82) is 0 Å². The molecule has 0 bridgehead atoms. The smallest absolute Gasteiger partial charge is 0.0340 e. The summed E-state index contributed by atoms with van der Waals surface area (Å²) in [5.41, 5.74) is 2.35. The molecular weight excluding hydrogens is 178 g/mol. The minimum atomic E-state index is 0.0785. The molecule has 1 heterocycles. The second-order valence-electron chi connectivity index (χ2n) is 3.75. The van der Waals surface area contributed by atoms with Gasteiger partial charge >= 0.3 is 0 Å². The zero-order chi connectivity index (χ0) is 9.90. The number of hydrogen-bond acceptors (Lipinski definition) is 2. The number of pyridine rings is 1. The zero-order valence-electron chi connectivity index (χ0n) is 8.12. The van der Waals surface area contributed by atoms with Gasteiger partial charge in [0.1, 0.15) is 0 Å². The summed E-state index contributed by atoms with van der Waals surface area (Å²) in [6.45, 7) is 8.03. The average Bonchev–Trinajstić information content (AvgIpc) is 2.18. The summed E-state index contributed by atoms with van der Waals surface area (Å²) in [5.74, 6) is 0.815. The molecule has 0 saturated heterocycles. The summed E-state index contributed by atoms with van der Waals surface area (Å²) in [6.07, 6.45) is 5.51. The molecule has 0 spiro atoms. The lowest BCUT2D eigenvalue weighted by molar-refractivity contribution is 0.601. The summed E-state index contributed by atoms with van der Waals surface area (Å²) < 4.78 is 0. The maximum Gasteiger partial charge on any atom is 0.0340 e. The van der Waals surface area contributed by atoms with Gasteiger partial charge < -0.3 is 0 Å². The highest BCUT2D eigenvalue weighted by molar-refractivity contribution is 7.80. The van der Waals surface area contributed by atoms with Gasteiger partial charge in [0.05, 0.1) is 0 Å². The summed E-state index contributed by atoms with van der Waals surface area (Å²) >= 11 is 4.32. The molecule has 0 atom stereocenters. The molecule has 0 aromatic carbocycles. The Kier molecular flexibility index (Phi) is 3.15. The van der Waals surface area contributed by atoms with Gasteiger partial charge in [0.2, 0.25) is 0 Å². The second-order valence-corrected chi connectivity index (χ2v) is 4.07. The fourth-order valence-electron chi connectivity index (χ4n) is 1.03. The third kappa shape index (κ3) is 2.34. The molecule has 0 aliphatic carbocycles. The number of aromatic nitrogens is 1. The second kappa shape index (κ2) is 3.97. The molecule has 0 N–H and O–H groups in total. The van der Waals surface area contributed by atoms with Crippen LogP contribution in [0.15, 0.2) is 25.0 Å². The predicted molar refractivity (Wildman–Crippen MR) is 61.2 cm³/mol. The van der Waals surface area contributed by atoms with E-state index in [9.17, 15) is 0 Å². The lowest BCUT2D eigenvalue weighted by atomic mass is 9.87. The van der Waals surface area contributed by atoms with Crippen molar-refractivity contribution in [1.82, 2.24) is 4.98 Å². The molecule has 70 valence electrons. The summed E-state index contributed by atoms with van der Waals surface area (Å²) in [7, 11) is 0. The molecule has 2 heteroatoms. The molecule has 0 aliphatic heterocycles. The van der Waals surface area contributed by atoms with E-state index in [2.05, 4.69) is 44.1 Å². The van der Waals surface area contributed by atoms with Crippen molar-refractivity contribution in [3.8, 4) is 0 Å². The van der Waals surface area contributed by atoms with Crippen LogP contribution in [0.2, 0.25) is 0 Å². The highest BCUT2D eigenvalue weighted by Gasteiger charge is 2.18. The van der Waals surface area contributed by atoms with Crippen LogP contribution in [-0.2, 0) is 5.41 Å². The molecule has 0 radical (unpaired) electrons. The van der Waals surface area contributed by atoms with E-state index in [4.69, 9.17) is 0 Å². The van der Waals surface area contributed by atoms with E-state index in [1.54, 1.807) is 0 Å². The summed E-state index contributed by atoms with van der Waals surface area (Å²) in [5, 5.41) is 0. The first-order valence-electron chi connectivity index (χ1n) is 4.29. The Hall–Kier alpha value is -0.760. The number of thiol groups is 1. The van der Waals surface area contributed by atoms with E-state index in [0.717, 1.165) is 11.3 Å². The lowest BCUT2D eigenvalue weighted by Gasteiger charge is -2.22. The maximum atomic E-state index is 4.32. The first-order chi connectivity index (χ1) is 6.10. The van der Waals surface area contributed by atoms with Gasteiger partial charge in [-0.3, -0.25) is 4.98 Å². The highest BCUT2D eigenvalue weighted by Crippen LogP contribution is 2.24. The van der Waals surface area contributed by atoms with Crippen molar-refractivity contribution in [3.05, 3.63) is 36.2 Å². The third-order valence-corrected chi connectivity index (χ3v) is 2.96. The van der Waals surface area contributed by atoms with Gasteiger partial charge in [-0.25, -0.2) is 0 Å². The third-order valence-electron chi connectivity index (χ3n) is 2.17. The molecular formula is C11H15NS. The van der Waals surface area contributed by atoms with Crippen molar-refractivity contribution in [2.75, 3.05) is 5.75 Å². The topological polar surface area (TPSA) is 12.9 Å². The fraction of sp³-hybridized carbons (Fsp3) is 0.364. The van der Waals surface area contributed by atoms with Crippen molar-refractivity contribution >= 4 is 18.7 Å². The lowest BCUT2D eigenvalue weighted by Crippen LogP contribution is -2.19. The molecule has 0 unspecified atom stereocenters. The molecule has 1 aromatic rings. The van der Waals surface area contributed by atoms with E-state index in [-0.39, 0.29) is 5.41 Å². The average molecular weight is 193 g/mol. The van der Waals surface area contributed by atoms with Crippen LogP contribution in [0, 0.1) is 0 Å². The molecule has 13 heavy (non-hydrogen) atoms. The van der Waals surface area contributed by atoms with E-state index >= 15 is 0 Å². The Bertz CT molecular complexity index is 305. The van der Waals surface area contributed by atoms with Crippen LogP contribution >= 0.6 is 12.6 Å². The van der Waals surface area contributed by atoms with Crippen molar-refractivity contribution < 1.29 is 0 Å². The highest BCUT2D eigenvalue weighted by atomic mass is 32.1. The number of hydrogen-bond donors (Lipinski definition) is 1. The monoisotopic (exact) mass is 193 g/mol. The van der Waals surface area contributed by atoms with E-state index in [1.807, 2.05) is 18.5 Å². The van der Waals surface area contributed by atoms with Gasteiger partial charge in [-0.05, 0) is 28.4 Å². The van der Waals surface area contributed by atoms with Gasteiger partial charge in [0.15, 0.2) is 0 Å². The summed E-state index contributed by atoms with van der Waals surface area (Å²) in [4.78, 5) is 4.16. The summed E-state index contributed by atoms with van der Waals surface area (Å²) in [6, 6.07) is 2.11. The van der Waals surface area contributed by atoms with Crippen molar-refractivity contribution in [3.63, 3.8) is 0 Å². The van der Waals surface area contributed by atoms with Gasteiger partial charge in [0, 0.05) is 12.4 Å². The molecule has 1 aromatic heterocycles. The Morgan fingerprint density at radius 1 is 1.54 bits per heavy atom. The SMILES string of the molecule is C=Cc1cncc(C(C)(C)CS)c1. The van der Waals surface area contributed by atoms with E-state index in [0.29, 0.717) is 0 Å². The maximum absolute atomic E-state index is 4.32. The van der Waals surface area contributed by atoms with Gasteiger partial charge in [-0.2, -0.15) is 12.6 Å². The van der Waals surface area contributed by atoms with Crippen LogP contribution < -0.4 is 0 Å². The Morgan fingerprint density at radius 3 is 2.77 bits per heavy atom. The molecule has 1 rings (SSSR count). The van der Waals surface area contributed by atoms with E-state index in [1.165, 1.54) is 5.56 Å². The van der Waals surface area contributed by atoms with Crippen LogP contribution in [0.25, 0.3) is 6.08 Å². The first kappa shape index (κ1) is 10.3. The standard InChI is InChI=1S/C11H15NS/c1-4-9-5-10(7-12-6-9)11(2,3)8-13/h4-7,13H,1,8H2,2-3H3. The van der Waals surface area contributed by atoms with Crippen LogP contribution in [0.4, 0.5) is 0 Å². The van der Waals surface area contributed by atoms with Gasteiger partial charge in [-0.1, -0.05) is 26.5 Å². The van der Waals surface area contributed by atoms with Crippen LogP contribution in [0.5, 0.6) is 0 Å². The predicted octanol–water partition coefficient (Wildman–Crippen LogP) is 2.93. The Balaban J connectivity index is 3.08.